The summed E-state index contributed by atoms with van der Waals surface area (Å²) in [4.78, 5) is 13.1. The molecule has 0 bridgehead atoms. The molecule has 94 valence electrons. The number of carboxylic acids is 1. The normalized spacial score (nSPS) is 12.5. The van der Waals surface area contributed by atoms with Gasteiger partial charge in [0.2, 0.25) is 0 Å². The van der Waals surface area contributed by atoms with Gasteiger partial charge in [-0.25, -0.2) is 4.79 Å². The van der Waals surface area contributed by atoms with E-state index in [1.165, 1.54) is 6.07 Å². The highest BCUT2D eigenvalue weighted by molar-refractivity contribution is 5.95. The van der Waals surface area contributed by atoms with Gasteiger partial charge in [0.15, 0.2) is 0 Å². The number of hydrogen-bond donors (Lipinski definition) is 3. The van der Waals surface area contributed by atoms with Crippen LogP contribution in [0.25, 0.3) is 0 Å². The van der Waals surface area contributed by atoms with E-state index in [1.807, 2.05) is 25.9 Å². The average molecular weight is 237 g/mol. The zero-order chi connectivity index (χ0) is 13.0. The average Bonchev–Trinajstić information content (AvgIpc) is 2.19. The third kappa shape index (κ3) is 3.96. The van der Waals surface area contributed by atoms with E-state index in [9.17, 15) is 4.79 Å². The lowest BCUT2D eigenvalue weighted by molar-refractivity contribution is 0.0698. The second-order valence-corrected chi connectivity index (χ2v) is 4.42. The summed E-state index contributed by atoms with van der Waals surface area (Å²) in [5.41, 5.74) is 6.83. The van der Waals surface area contributed by atoms with Crippen LogP contribution in [0.15, 0.2) is 18.2 Å². The van der Waals surface area contributed by atoms with E-state index >= 15 is 0 Å². The van der Waals surface area contributed by atoms with Gasteiger partial charge in [0.05, 0.1) is 5.56 Å². The molecular formula is C12H19N3O2. The molecule has 4 N–H and O–H groups in total. The standard InChI is InChI=1S/C12H19N3O2/c1-8(7-15(2)3)14-11-5-4-9(13)6-10(11)12(16)17/h4-6,8,14H,7,13H2,1-3H3,(H,16,17). The van der Waals surface area contributed by atoms with Crippen LogP contribution in [0.1, 0.15) is 17.3 Å². The second kappa shape index (κ2) is 5.54. The number of nitrogen functional groups attached to an aromatic ring is 1. The number of anilines is 2. The summed E-state index contributed by atoms with van der Waals surface area (Å²) in [6.45, 7) is 2.82. The first-order valence-corrected chi connectivity index (χ1v) is 5.44. The van der Waals surface area contributed by atoms with Gasteiger partial charge in [-0.2, -0.15) is 0 Å². The van der Waals surface area contributed by atoms with Crippen molar-refractivity contribution in [2.75, 3.05) is 31.7 Å². The Bertz CT molecular complexity index is 405. The van der Waals surface area contributed by atoms with Gasteiger partial charge in [-0.15, -0.1) is 0 Å². The third-order valence-electron chi connectivity index (χ3n) is 2.31. The van der Waals surface area contributed by atoms with Crippen molar-refractivity contribution >= 4 is 17.3 Å². The molecule has 0 saturated heterocycles. The van der Waals surface area contributed by atoms with Crippen molar-refractivity contribution in [3.05, 3.63) is 23.8 Å². The summed E-state index contributed by atoms with van der Waals surface area (Å²) in [5.74, 6) is -0.975. The van der Waals surface area contributed by atoms with Gasteiger partial charge in [0, 0.05) is 24.0 Å². The number of carbonyl (C=O) groups is 1. The number of hydrogen-bond acceptors (Lipinski definition) is 4. The largest absolute Gasteiger partial charge is 0.478 e. The van der Waals surface area contributed by atoms with Crippen molar-refractivity contribution in [1.29, 1.82) is 0 Å². The predicted octanol–water partition coefficient (Wildman–Crippen LogP) is 1.33. The van der Waals surface area contributed by atoms with Crippen molar-refractivity contribution in [2.24, 2.45) is 0 Å². The maximum absolute atomic E-state index is 11.1. The minimum atomic E-state index is -0.975. The molecule has 1 atom stereocenters. The number of rotatable bonds is 5. The van der Waals surface area contributed by atoms with E-state index < -0.39 is 5.97 Å². The second-order valence-electron chi connectivity index (χ2n) is 4.42. The molecule has 0 amide bonds. The molecule has 0 saturated carbocycles. The fraction of sp³-hybridized carbons (Fsp3) is 0.417. The van der Waals surface area contributed by atoms with Crippen LogP contribution in [0, 0.1) is 0 Å². The lowest BCUT2D eigenvalue weighted by atomic mass is 10.1. The van der Waals surface area contributed by atoms with Gasteiger partial charge in [-0.3, -0.25) is 0 Å². The van der Waals surface area contributed by atoms with Crippen LogP contribution >= 0.6 is 0 Å². The van der Waals surface area contributed by atoms with Crippen LogP contribution < -0.4 is 11.1 Å². The Hall–Kier alpha value is -1.75. The van der Waals surface area contributed by atoms with Crippen molar-refractivity contribution in [1.82, 2.24) is 4.90 Å². The van der Waals surface area contributed by atoms with Crippen molar-refractivity contribution in [3.63, 3.8) is 0 Å². The first kappa shape index (κ1) is 13.3. The van der Waals surface area contributed by atoms with Crippen LogP contribution in [0.3, 0.4) is 0 Å². The quantitative estimate of drug-likeness (QED) is 0.673. The van der Waals surface area contributed by atoms with E-state index in [0.717, 1.165) is 6.54 Å². The molecule has 17 heavy (non-hydrogen) atoms. The van der Waals surface area contributed by atoms with Crippen LogP contribution in [0.4, 0.5) is 11.4 Å². The molecule has 0 aliphatic carbocycles. The number of carboxylic acid groups (broad SMARTS) is 1. The lowest BCUT2D eigenvalue weighted by Gasteiger charge is -2.20. The number of aromatic carboxylic acids is 1. The minimum Gasteiger partial charge on any atom is -0.478 e. The topological polar surface area (TPSA) is 78.6 Å². The smallest absolute Gasteiger partial charge is 0.337 e. The Kier molecular flexibility index (Phi) is 4.34. The molecule has 5 heteroatoms. The number of nitrogens with one attached hydrogen (secondary N) is 1. The summed E-state index contributed by atoms with van der Waals surface area (Å²) in [5, 5.41) is 12.3. The molecule has 0 aliphatic rings. The fourth-order valence-corrected chi connectivity index (χ4v) is 1.72. The van der Waals surface area contributed by atoms with Crippen LogP contribution in [-0.4, -0.2) is 42.7 Å². The van der Waals surface area contributed by atoms with Crippen molar-refractivity contribution < 1.29 is 9.90 Å². The van der Waals surface area contributed by atoms with Crippen LogP contribution in [-0.2, 0) is 0 Å². The summed E-state index contributed by atoms with van der Waals surface area (Å²) in [7, 11) is 3.94. The molecule has 1 rings (SSSR count). The molecule has 1 unspecified atom stereocenters. The van der Waals surface area contributed by atoms with E-state index in [1.54, 1.807) is 12.1 Å². The van der Waals surface area contributed by atoms with Gasteiger partial charge in [0.1, 0.15) is 0 Å². The third-order valence-corrected chi connectivity index (χ3v) is 2.31. The number of benzene rings is 1. The fourth-order valence-electron chi connectivity index (χ4n) is 1.72. The summed E-state index contributed by atoms with van der Waals surface area (Å²) in [6.07, 6.45) is 0. The highest BCUT2D eigenvalue weighted by Gasteiger charge is 2.12. The van der Waals surface area contributed by atoms with Crippen molar-refractivity contribution in [2.45, 2.75) is 13.0 Å². The Morgan fingerprint density at radius 3 is 2.71 bits per heavy atom. The van der Waals surface area contributed by atoms with Gasteiger partial charge in [-0.1, -0.05) is 0 Å². The summed E-state index contributed by atoms with van der Waals surface area (Å²) in [6, 6.07) is 5.02. The molecule has 1 aromatic carbocycles. The first-order valence-electron chi connectivity index (χ1n) is 5.44. The Balaban J connectivity index is 2.86. The van der Waals surface area contributed by atoms with E-state index in [2.05, 4.69) is 5.32 Å². The van der Waals surface area contributed by atoms with E-state index in [0.29, 0.717) is 11.4 Å². The molecule has 0 fully saturated rings. The highest BCUT2D eigenvalue weighted by atomic mass is 16.4. The number of nitrogens with two attached hydrogens (primary N) is 1. The lowest BCUT2D eigenvalue weighted by Crippen LogP contribution is -2.30. The number of nitrogens with zero attached hydrogens (tertiary/aromatic N) is 1. The van der Waals surface area contributed by atoms with Crippen molar-refractivity contribution in [3.8, 4) is 0 Å². The highest BCUT2D eigenvalue weighted by Crippen LogP contribution is 2.19. The molecule has 5 nitrogen and oxygen atoms in total. The van der Waals surface area contributed by atoms with Crippen LogP contribution in [0.2, 0.25) is 0 Å². The van der Waals surface area contributed by atoms with Crippen LogP contribution in [0.5, 0.6) is 0 Å². The Labute approximate surface area is 101 Å². The predicted molar refractivity (Wildman–Crippen MR) is 69.5 cm³/mol. The molecule has 0 radical (unpaired) electrons. The maximum atomic E-state index is 11.1. The molecule has 0 aromatic heterocycles. The SMILES string of the molecule is CC(CN(C)C)Nc1ccc(N)cc1C(=O)O. The van der Waals surface area contributed by atoms with Gasteiger partial charge in [-0.05, 0) is 39.2 Å². The minimum absolute atomic E-state index is 0.159. The Morgan fingerprint density at radius 1 is 1.53 bits per heavy atom. The molecular weight excluding hydrogens is 218 g/mol. The summed E-state index contributed by atoms with van der Waals surface area (Å²) < 4.78 is 0. The first-order chi connectivity index (χ1) is 7.90. The maximum Gasteiger partial charge on any atom is 0.337 e. The van der Waals surface area contributed by atoms with Gasteiger partial charge >= 0.3 is 5.97 Å². The van der Waals surface area contributed by atoms with Gasteiger partial charge in [0.25, 0.3) is 0 Å². The van der Waals surface area contributed by atoms with E-state index in [-0.39, 0.29) is 11.6 Å². The molecule has 0 heterocycles. The number of likely N-dealkylation sites (N-methyl/N-ethyl adjacent to an activating group) is 1. The molecule has 1 aromatic rings. The van der Waals surface area contributed by atoms with E-state index in [4.69, 9.17) is 10.8 Å². The molecule has 0 aliphatic heterocycles. The van der Waals surface area contributed by atoms with Gasteiger partial charge < -0.3 is 21.1 Å². The Morgan fingerprint density at radius 2 is 2.18 bits per heavy atom. The zero-order valence-electron chi connectivity index (χ0n) is 10.4. The monoisotopic (exact) mass is 237 g/mol. The molecule has 0 spiro atoms. The zero-order valence-corrected chi connectivity index (χ0v) is 10.4. The summed E-state index contributed by atoms with van der Waals surface area (Å²) >= 11 is 0.